The number of benzene rings is 3. The van der Waals surface area contributed by atoms with Crippen LogP contribution in [0.2, 0.25) is 5.02 Å². The number of H-pyrrole nitrogens is 1. The van der Waals surface area contributed by atoms with Crippen LogP contribution in [0.4, 0.5) is 13.2 Å². The zero-order valence-corrected chi connectivity index (χ0v) is 18.7. The van der Waals surface area contributed by atoms with Gasteiger partial charge in [-0.25, -0.2) is 4.79 Å². The van der Waals surface area contributed by atoms with Gasteiger partial charge in [-0.2, -0.15) is 13.2 Å². The number of carbonyl (C=O) groups is 1. The van der Waals surface area contributed by atoms with Gasteiger partial charge in [-0.3, -0.25) is 0 Å². The van der Waals surface area contributed by atoms with Gasteiger partial charge in [-0.05, 0) is 53.1 Å². The van der Waals surface area contributed by atoms with Crippen molar-refractivity contribution in [2.75, 3.05) is 6.79 Å². The Morgan fingerprint density at radius 2 is 1.86 bits per heavy atom. The van der Waals surface area contributed by atoms with Crippen LogP contribution in [-0.2, 0) is 19.2 Å². The van der Waals surface area contributed by atoms with E-state index < -0.39 is 17.7 Å². The minimum atomic E-state index is -4.45. The number of aromatic amines is 1. The maximum absolute atomic E-state index is 13.0. The fourth-order valence-corrected chi connectivity index (χ4v) is 4.19. The van der Waals surface area contributed by atoms with Crippen LogP contribution in [-0.4, -0.2) is 22.9 Å². The molecule has 2 N–H and O–H groups in total. The molecule has 0 spiro atoms. The Labute approximate surface area is 201 Å². The smallest absolute Gasteiger partial charge is 0.416 e. The highest BCUT2D eigenvalue weighted by Crippen LogP contribution is 2.39. The lowest BCUT2D eigenvalue weighted by Gasteiger charge is -2.11. The normalized spacial score (nSPS) is 12.8. The summed E-state index contributed by atoms with van der Waals surface area (Å²) in [6, 6.07) is 13.2. The SMILES string of the molecule is O=C(O)c1[nH]c2ccc(OCc3cccc(C(F)(F)F)c3)cc2c1Cc1cc2c(cc1Cl)OCO2. The Balaban J connectivity index is 1.46. The van der Waals surface area contributed by atoms with Crippen molar-refractivity contribution in [3.63, 3.8) is 0 Å². The molecule has 1 aliphatic rings. The second-order valence-corrected chi connectivity index (χ2v) is 8.36. The molecular formula is C25H17ClF3NO5. The number of carboxylic acids is 1. The lowest BCUT2D eigenvalue weighted by Crippen LogP contribution is -2.06. The Kier molecular flexibility index (Phi) is 5.72. The molecule has 0 unspecified atom stereocenters. The molecule has 1 aromatic heterocycles. The number of hydrogen-bond acceptors (Lipinski definition) is 4. The summed E-state index contributed by atoms with van der Waals surface area (Å²) in [4.78, 5) is 14.8. The molecule has 3 aromatic carbocycles. The molecule has 0 radical (unpaired) electrons. The number of aromatic nitrogens is 1. The fraction of sp³-hybridized carbons (Fsp3) is 0.160. The summed E-state index contributed by atoms with van der Waals surface area (Å²) in [6.45, 7) is -0.00981. The van der Waals surface area contributed by atoms with Crippen molar-refractivity contribution in [1.29, 1.82) is 0 Å². The zero-order chi connectivity index (χ0) is 24.7. The number of fused-ring (bicyclic) bond motifs is 2. The van der Waals surface area contributed by atoms with Crippen molar-refractivity contribution < 1.29 is 37.3 Å². The fourth-order valence-electron chi connectivity index (χ4n) is 3.97. The van der Waals surface area contributed by atoms with E-state index in [2.05, 4.69) is 4.98 Å². The Hall–Kier alpha value is -3.85. The number of ether oxygens (including phenoxy) is 3. The van der Waals surface area contributed by atoms with E-state index in [0.29, 0.717) is 49.9 Å². The molecule has 0 atom stereocenters. The lowest BCUT2D eigenvalue weighted by atomic mass is 10.0. The molecule has 0 saturated heterocycles. The maximum Gasteiger partial charge on any atom is 0.416 e. The van der Waals surface area contributed by atoms with E-state index in [0.717, 1.165) is 12.1 Å². The first kappa shape index (κ1) is 22.9. The average Bonchev–Trinajstić information content (AvgIpc) is 3.41. The number of aromatic carboxylic acids is 1. The number of carboxylic acid groups (broad SMARTS) is 1. The van der Waals surface area contributed by atoms with Crippen molar-refractivity contribution in [3.8, 4) is 17.2 Å². The molecule has 0 fully saturated rings. The van der Waals surface area contributed by atoms with Crippen molar-refractivity contribution in [1.82, 2.24) is 4.98 Å². The van der Waals surface area contributed by atoms with E-state index in [-0.39, 0.29) is 25.5 Å². The van der Waals surface area contributed by atoms with Gasteiger partial charge in [-0.1, -0.05) is 23.7 Å². The number of hydrogen-bond donors (Lipinski definition) is 2. The van der Waals surface area contributed by atoms with E-state index >= 15 is 0 Å². The summed E-state index contributed by atoms with van der Waals surface area (Å²) < 4.78 is 55.4. The van der Waals surface area contributed by atoms with Crippen LogP contribution in [0, 0.1) is 0 Å². The van der Waals surface area contributed by atoms with Gasteiger partial charge in [-0.15, -0.1) is 0 Å². The molecule has 35 heavy (non-hydrogen) atoms. The predicted octanol–water partition coefficient (Wildman–Crippen LogP) is 6.44. The molecular weight excluding hydrogens is 487 g/mol. The molecule has 0 amide bonds. The zero-order valence-electron chi connectivity index (χ0n) is 17.9. The van der Waals surface area contributed by atoms with Crippen molar-refractivity contribution in [2.24, 2.45) is 0 Å². The van der Waals surface area contributed by atoms with Crippen molar-refractivity contribution >= 4 is 28.5 Å². The van der Waals surface area contributed by atoms with Gasteiger partial charge in [0.25, 0.3) is 0 Å². The highest BCUT2D eigenvalue weighted by Gasteiger charge is 2.30. The van der Waals surface area contributed by atoms with Gasteiger partial charge in [0, 0.05) is 28.4 Å². The minimum absolute atomic E-state index is 0.00348. The molecule has 10 heteroatoms. The second-order valence-electron chi connectivity index (χ2n) is 7.95. The molecule has 2 heterocycles. The van der Waals surface area contributed by atoms with Gasteiger partial charge in [0.1, 0.15) is 18.1 Å². The third-order valence-electron chi connectivity index (χ3n) is 5.66. The number of halogens is 4. The topological polar surface area (TPSA) is 80.8 Å². The standard InChI is InChI=1S/C25H17ClF3NO5/c26-19-10-22-21(34-12-35-22)8-14(19)7-18-17-9-16(4-5-20(17)30-23(18)24(31)32)33-11-13-2-1-3-15(6-13)25(27,28)29/h1-6,8-10,30H,7,11-12H2,(H,31,32). The Morgan fingerprint density at radius 3 is 2.60 bits per heavy atom. The second kappa shape index (κ2) is 8.74. The van der Waals surface area contributed by atoms with Crippen molar-refractivity contribution in [2.45, 2.75) is 19.2 Å². The molecule has 0 aliphatic carbocycles. The summed E-state index contributed by atoms with van der Waals surface area (Å²) in [5.74, 6) is 0.274. The Morgan fingerprint density at radius 1 is 1.09 bits per heavy atom. The predicted molar refractivity (Wildman–Crippen MR) is 121 cm³/mol. The van der Waals surface area contributed by atoms with Crippen molar-refractivity contribution in [3.05, 3.63) is 87.6 Å². The van der Waals surface area contributed by atoms with Crippen LogP contribution in [0.3, 0.4) is 0 Å². The molecule has 5 rings (SSSR count). The molecule has 0 saturated carbocycles. The summed E-state index contributed by atoms with van der Waals surface area (Å²) in [5, 5.41) is 10.7. The first-order chi connectivity index (χ1) is 16.7. The van der Waals surface area contributed by atoms with Crippen LogP contribution in [0.25, 0.3) is 10.9 Å². The van der Waals surface area contributed by atoms with E-state index in [1.54, 1.807) is 36.4 Å². The van der Waals surface area contributed by atoms with E-state index in [1.807, 2.05) is 0 Å². The molecule has 0 bridgehead atoms. The largest absolute Gasteiger partial charge is 0.489 e. The summed E-state index contributed by atoms with van der Waals surface area (Å²) in [5.41, 5.74) is 1.30. The number of rotatable bonds is 6. The van der Waals surface area contributed by atoms with Crippen LogP contribution < -0.4 is 14.2 Å². The lowest BCUT2D eigenvalue weighted by molar-refractivity contribution is -0.137. The quantitative estimate of drug-likeness (QED) is 0.316. The van der Waals surface area contributed by atoms with Crippen LogP contribution >= 0.6 is 11.6 Å². The van der Waals surface area contributed by atoms with Gasteiger partial charge in [0.2, 0.25) is 6.79 Å². The van der Waals surface area contributed by atoms with E-state index in [4.69, 9.17) is 25.8 Å². The average molecular weight is 504 g/mol. The number of alkyl halides is 3. The summed E-state index contributed by atoms with van der Waals surface area (Å²) in [6.07, 6.45) is -4.26. The first-order valence-corrected chi connectivity index (χ1v) is 10.8. The maximum atomic E-state index is 13.0. The molecule has 180 valence electrons. The van der Waals surface area contributed by atoms with Gasteiger partial charge >= 0.3 is 12.1 Å². The van der Waals surface area contributed by atoms with Crippen LogP contribution in [0.15, 0.2) is 54.6 Å². The summed E-state index contributed by atoms with van der Waals surface area (Å²) >= 11 is 6.40. The van der Waals surface area contributed by atoms with E-state index in [9.17, 15) is 23.1 Å². The van der Waals surface area contributed by atoms with E-state index in [1.165, 1.54) is 6.07 Å². The first-order valence-electron chi connectivity index (χ1n) is 10.4. The highest BCUT2D eigenvalue weighted by atomic mass is 35.5. The highest BCUT2D eigenvalue weighted by molar-refractivity contribution is 6.31. The third-order valence-corrected chi connectivity index (χ3v) is 6.01. The van der Waals surface area contributed by atoms with Crippen LogP contribution in [0.1, 0.15) is 32.7 Å². The molecule has 4 aromatic rings. The number of nitrogens with one attached hydrogen (secondary N) is 1. The van der Waals surface area contributed by atoms with Gasteiger partial charge in [0.05, 0.1) is 5.56 Å². The monoisotopic (exact) mass is 503 g/mol. The van der Waals surface area contributed by atoms with Gasteiger partial charge < -0.3 is 24.3 Å². The third kappa shape index (κ3) is 4.59. The molecule has 6 nitrogen and oxygen atoms in total. The Bertz CT molecular complexity index is 1450. The molecule has 1 aliphatic heterocycles. The van der Waals surface area contributed by atoms with Gasteiger partial charge in [0.15, 0.2) is 11.5 Å². The van der Waals surface area contributed by atoms with Crippen LogP contribution in [0.5, 0.6) is 17.2 Å². The summed E-state index contributed by atoms with van der Waals surface area (Å²) in [7, 11) is 0. The minimum Gasteiger partial charge on any atom is -0.489 e.